The molecule has 0 bridgehead atoms. The number of piperidine rings is 1. The van der Waals surface area contributed by atoms with E-state index in [0.29, 0.717) is 16.1 Å². The minimum Gasteiger partial charge on any atom is -0.459 e. The highest BCUT2D eigenvalue weighted by atomic mass is 35.5. The zero-order valence-electron chi connectivity index (χ0n) is 10.5. The molecule has 1 atom stereocenters. The highest BCUT2D eigenvalue weighted by Crippen LogP contribution is 2.34. The van der Waals surface area contributed by atoms with Gasteiger partial charge in [-0.25, -0.2) is 0 Å². The van der Waals surface area contributed by atoms with Crippen LogP contribution in [0.2, 0.25) is 10.0 Å². The third-order valence-electron chi connectivity index (χ3n) is 3.48. The van der Waals surface area contributed by atoms with Gasteiger partial charge in [0.25, 0.3) is 0 Å². The Kier molecular flexibility index (Phi) is 3.83. The number of benzene rings is 1. The maximum Gasteiger partial charge on any atom is 0.135 e. The van der Waals surface area contributed by atoms with Gasteiger partial charge in [-0.2, -0.15) is 0 Å². The molecule has 1 fully saturated rings. The van der Waals surface area contributed by atoms with Crippen molar-refractivity contribution in [2.75, 3.05) is 6.54 Å². The molecule has 1 aromatic heterocycles. The first-order chi connectivity index (χ1) is 9.24. The maximum atomic E-state index is 6.20. The standard InChI is InChI=1S/C15H15Cl2NO/c16-10-4-5-11(12(17)9-10)14-6-7-15(19-14)13-3-1-2-8-18-13/h4-7,9,13,18H,1-3,8H2/t13-/m1/s1. The normalized spacial score (nSPS) is 19.6. The Balaban J connectivity index is 1.87. The summed E-state index contributed by atoms with van der Waals surface area (Å²) in [6, 6.07) is 9.78. The zero-order chi connectivity index (χ0) is 13.2. The maximum absolute atomic E-state index is 6.20. The monoisotopic (exact) mass is 295 g/mol. The first-order valence-corrected chi connectivity index (χ1v) is 7.28. The predicted molar refractivity (Wildman–Crippen MR) is 78.8 cm³/mol. The molecule has 1 aliphatic rings. The van der Waals surface area contributed by atoms with E-state index in [0.717, 1.165) is 30.0 Å². The third-order valence-corrected chi connectivity index (χ3v) is 4.02. The van der Waals surface area contributed by atoms with E-state index in [2.05, 4.69) is 5.32 Å². The summed E-state index contributed by atoms with van der Waals surface area (Å²) < 4.78 is 5.94. The van der Waals surface area contributed by atoms with Crippen LogP contribution in [0.25, 0.3) is 11.3 Å². The number of rotatable bonds is 2. The van der Waals surface area contributed by atoms with Crippen molar-refractivity contribution in [1.29, 1.82) is 0 Å². The second kappa shape index (κ2) is 5.58. The van der Waals surface area contributed by atoms with Crippen LogP contribution in [0.15, 0.2) is 34.7 Å². The molecule has 0 amide bonds. The highest BCUT2D eigenvalue weighted by Gasteiger charge is 2.19. The highest BCUT2D eigenvalue weighted by molar-refractivity contribution is 6.36. The van der Waals surface area contributed by atoms with E-state index in [-0.39, 0.29) is 0 Å². The molecule has 1 aromatic carbocycles. The SMILES string of the molecule is Clc1ccc(-c2ccc([C@H]3CCCCN3)o2)c(Cl)c1. The van der Waals surface area contributed by atoms with Crippen LogP contribution in [0.4, 0.5) is 0 Å². The van der Waals surface area contributed by atoms with Gasteiger partial charge in [0.15, 0.2) is 0 Å². The Hall–Kier alpha value is -0.960. The van der Waals surface area contributed by atoms with Gasteiger partial charge in [0.1, 0.15) is 11.5 Å². The van der Waals surface area contributed by atoms with Gasteiger partial charge >= 0.3 is 0 Å². The fourth-order valence-corrected chi connectivity index (χ4v) is 2.97. The number of halogens is 2. The van der Waals surface area contributed by atoms with E-state index < -0.39 is 0 Å². The van der Waals surface area contributed by atoms with Crippen LogP contribution < -0.4 is 5.32 Å². The van der Waals surface area contributed by atoms with Crippen LogP contribution >= 0.6 is 23.2 Å². The lowest BCUT2D eigenvalue weighted by Crippen LogP contribution is -2.26. The largest absolute Gasteiger partial charge is 0.459 e. The molecule has 0 unspecified atom stereocenters. The van der Waals surface area contributed by atoms with Crippen molar-refractivity contribution < 1.29 is 4.42 Å². The topological polar surface area (TPSA) is 25.2 Å². The molecular formula is C15H15Cl2NO. The quantitative estimate of drug-likeness (QED) is 0.837. The van der Waals surface area contributed by atoms with Crippen LogP contribution in [0.5, 0.6) is 0 Å². The Morgan fingerprint density at radius 3 is 2.74 bits per heavy atom. The van der Waals surface area contributed by atoms with Gasteiger partial charge in [0.2, 0.25) is 0 Å². The smallest absolute Gasteiger partial charge is 0.135 e. The first-order valence-electron chi connectivity index (χ1n) is 6.52. The van der Waals surface area contributed by atoms with E-state index >= 15 is 0 Å². The van der Waals surface area contributed by atoms with Crippen LogP contribution in [-0.2, 0) is 0 Å². The molecule has 1 aliphatic heterocycles. The fourth-order valence-electron chi connectivity index (χ4n) is 2.47. The number of hydrogen-bond acceptors (Lipinski definition) is 2. The average Bonchev–Trinajstić information content (AvgIpc) is 2.89. The first kappa shape index (κ1) is 13.0. The summed E-state index contributed by atoms with van der Waals surface area (Å²) in [5.74, 6) is 1.78. The van der Waals surface area contributed by atoms with Gasteiger partial charge in [-0.05, 0) is 49.7 Å². The van der Waals surface area contributed by atoms with Crippen molar-refractivity contribution in [1.82, 2.24) is 5.32 Å². The van der Waals surface area contributed by atoms with E-state index in [9.17, 15) is 0 Å². The molecule has 0 radical (unpaired) electrons. The lowest BCUT2D eigenvalue weighted by atomic mass is 10.0. The summed E-state index contributed by atoms with van der Waals surface area (Å²) in [4.78, 5) is 0. The summed E-state index contributed by atoms with van der Waals surface area (Å²) in [6.45, 7) is 1.06. The second-order valence-corrected chi connectivity index (χ2v) is 5.67. The van der Waals surface area contributed by atoms with E-state index in [1.807, 2.05) is 24.3 Å². The molecule has 3 rings (SSSR count). The second-order valence-electron chi connectivity index (χ2n) is 4.83. The Bertz CT molecular complexity index is 573. The summed E-state index contributed by atoms with van der Waals surface area (Å²) in [6.07, 6.45) is 3.61. The van der Waals surface area contributed by atoms with Gasteiger partial charge < -0.3 is 9.73 Å². The minimum atomic E-state index is 0.327. The molecule has 2 heterocycles. The van der Waals surface area contributed by atoms with Gasteiger partial charge in [-0.1, -0.05) is 29.6 Å². The van der Waals surface area contributed by atoms with Crippen LogP contribution in [0, 0.1) is 0 Å². The van der Waals surface area contributed by atoms with Crippen LogP contribution in [0.1, 0.15) is 31.1 Å². The summed E-state index contributed by atoms with van der Waals surface area (Å²) >= 11 is 12.1. The lowest BCUT2D eigenvalue weighted by molar-refractivity contribution is 0.353. The predicted octanol–water partition coefficient (Wildman–Crippen LogP) is 5.07. The molecule has 4 heteroatoms. The van der Waals surface area contributed by atoms with Crippen molar-refractivity contribution in [2.45, 2.75) is 25.3 Å². The van der Waals surface area contributed by atoms with Crippen molar-refractivity contribution in [3.05, 3.63) is 46.1 Å². The van der Waals surface area contributed by atoms with Gasteiger partial charge in [0, 0.05) is 10.6 Å². The molecule has 100 valence electrons. The third kappa shape index (κ3) is 2.81. The van der Waals surface area contributed by atoms with Gasteiger partial charge in [-0.15, -0.1) is 0 Å². The fraction of sp³-hybridized carbons (Fsp3) is 0.333. The molecule has 1 saturated heterocycles. The van der Waals surface area contributed by atoms with Crippen molar-refractivity contribution in [3.63, 3.8) is 0 Å². The van der Waals surface area contributed by atoms with E-state index in [1.165, 1.54) is 12.8 Å². The molecule has 2 aromatic rings. The molecule has 0 spiro atoms. The Labute approximate surface area is 122 Å². The molecule has 0 aliphatic carbocycles. The molecular weight excluding hydrogens is 281 g/mol. The zero-order valence-corrected chi connectivity index (χ0v) is 12.0. The Morgan fingerprint density at radius 2 is 2.00 bits per heavy atom. The van der Waals surface area contributed by atoms with Crippen molar-refractivity contribution >= 4 is 23.2 Å². The van der Waals surface area contributed by atoms with Gasteiger partial charge in [-0.3, -0.25) is 0 Å². The van der Waals surface area contributed by atoms with Gasteiger partial charge in [0.05, 0.1) is 11.1 Å². The van der Waals surface area contributed by atoms with Crippen LogP contribution in [0.3, 0.4) is 0 Å². The van der Waals surface area contributed by atoms with Crippen LogP contribution in [-0.4, -0.2) is 6.54 Å². The lowest BCUT2D eigenvalue weighted by Gasteiger charge is -2.21. The molecule has 19 heavy (non-hydrogen) atoms. The molecule has 1 N–H and O–H groups in total. The number of nitrogens with one attached hydrogen (secondary N) is 1. The van der Waals surface area contributed by atoms with E-state index in [4.69, 9.17) is 27.6 Å². The number of hydrogen-bond donors (Lipinski definition) is 1. The average molecular weight is 296 g/mol. The molecule has 0 saturated carbocycles. The summed E-state index contributed by atoms with van der Waals surface area (Å²) in [7, 11) is 0. The molecule has 2 nitrogen and oxygen atoms in total. The minimum absolute atomic E-state index is 0.327. The number of furan rings is 1. The summed E-state index contributed by atoms with van der Waals surface area (Å²) in [5.41, 5.74) is 0.883. The Morgan fingerprint density at radius 1 is 1.11 bits per heavy atom. The van der Waals surface area contributed by atoms with Crippen molar-refractivity contribution in [3.8, 4) is 11.3 Å². The van der Waals surface area contributed by atoms with E-state index in [1.54, 1.807) is 6.07 Å². The summed E-state index contributed by atoms with van der Waals surface area (Å²) in [5, 5.41) is 4.73. The van der Waals surface area contributed by atoms with Crippen molar-refractivity contribution in [2.24, 2.45) is 0 Å².